The maximum atomic E-state index is 9.12. The van der Waals surface area contributed by atoms with Crippen LogP contribution in [0.15, 0.2) is 18.5 Å². The number of methoxy groups -OCH3 is 1. The molecule has 4 nitrogen and oxygen atoms in total. The van der Waals surface area contributed by atoms with Crippen molar-refractivity contribution in [1.29, 1.82) is 0 Å². The molecule has 0 saturated heterocycles. The number of thiazole rings is 1. The first-order valence-electron chi connectivity index (χ1n) is 3.78. The molecule has 2 heterocycles. The lowest BCUT2D eigenvalue weighted by molar-refractivity contribution is -0.904. The lowest BCUT2D eigenvalue weighted by Crippen LogP contribution is -2.27. The third kappa shape index (κ3) is 1.61. The molecule has 0 unspecified atom stereocenters. The van der Waals surface area contributed by atoms with Gasteiger partial charge in [0.05, 0.1) is 11.3 Å². The fraction of sp³-hybridized carbons (Fsp3) is 0.250. The fourth-order valence-corrected chi connectivity index (χ4v) is 2.01. The highest BCUT2D eigenvalue weighted by atomic mass is 32.1. The van der Waals surface area contributed by atoms with Crippen LogP contribution in [0, 0.1) is 0 Å². The molecule has 0 spiro atoms. The molecule has 0 bridgehead atoms. The quantitative estimate of drug-likeness (QED) is 0.576. The van der Waals surface area contributed by atoms with Crippen molar-refractivity contribution < 1.29 is 14.7 Å². The minimum atomic E-state index is 0.519. The Labute approximate surface area is 79.0 Å². The SMILES string of the molecule is COCc1nc2c[n+](O)ccc2s1. The zero-order valence-corrected chi connectivity index (χ0v) is 7.91. The molecule has 1 N–H and O–H groups in total. The Balaban J connectivity index is 2.49. The number of hydrogen-bond donors (Lipinski definition) is 1. The van der Waals surface area contributed by atoms with Gasteiger partial charge >= 0.3 is 0 Å². The zero-order valence-electron chi connectivity index (χ0n) is 7.10. The van der Waals surface area contributed by atoms with E-state index in [2.05, 4.69) is 4.98 Å². The van der Waals surface area contributed by atoms with Gasteiger partial charge in [0, 0.05) is 17.9 Å². The first kappa shape index (κ1) is 8.40. The van der Waals surface area contributed by atoms with Gasteiger partial charge in [-0.05, 0) is 0 Å². The summed E-state index contributed by atoms with van der Waals surface area (Å²) in [7, 11) is 1.64. The van der Waals surface area contributed by atoms with E-state index in [0.717, 1.165) is 20.0 Å². The van der Waals surface area contributed by atoms with Crippen LogP contribution in [0.5, 0.6) is 0 Å². The summed E-state index contributed by atoms with van der Waals surface area (Å²) in [6.07, 6.45) is 3.15. The van der Waals surface area contributed by atoms with Gasteiger partial charge in [-0.1, -0.05) is 0 Å². The van der Waals surface area contributed by atoms with Crippen molar-refractivity contribution in [3.63, 3.8) is 0 Å². The van der Waals surface area contributed by atoms with E-state index in [1.54, 1.807) is 30.8 Å². The topological polar surface area (TPSA) is 46.2 Å². The molecular formula is C8H9N2O2S+. The summed E-state index contributed by atoms with van der Waals surface area (Å²) in [5.41, 5.74) is 0.794. The molecule has 2 aromatic heterocycles. The molecule has 0 radical (unpaired) electrons. The van der Waals surface area contributed by atoms with E-state index < -0.39 is 0 Å². The van der Waals surface area contributed by atoms with Gasteiger partial charge in [0.1, 0.15) is 5.01 Å². The van der Waals surface area contributed by atoms with E-state index in [9.17, 15) is 0 Å². The molecule has 0 saturated carbocycles. The summed E-state index contributed by atoms with van der Waals surface area (Å²) < 4.78 is 7.02. The largest absolute Gasteiger partial charge is 0.378 e. The molecule has 0 aromatic carbocycles. The van der Waals surface area contributed by atoms with Crippen LogP contribution in [-0.2, 0) is 11.3 Å². The van der Waals surface area contributed by atoms with Crippen LogP contribution in [0.3, 0.4) is 0 Å². The predicted octanol–water partition coefficient (Wildman–Crippen LogP) is 0.967. The molecule has 0 aliphatic rings. The van der Waals surface area contributed by atoms with Gasteiger partial charge in [-0.15, -0.1) is 11.3 Å². The van der Waals surface area contributed by atoms with E-state index in [1.807, 2.05) is 6.07 Å². The Kier molecular flexibility index (Phi) is 2.12. The Morgan fingerprint density at radius 2 is 2.54 bits per heavy atom. The number of pyridine rings is 1. The highest BCUT2D eigenvalue weighted by molar-refractivity contribution is 7.18. The van der Waals surface area contributed by atoms with Gasteiger partial charge in [-0.25, -0.2) is 4.98 Å². The van der Waals surface area contributed by atoms with Crippen molar-refractivity contribution in [1.82, 2.24) is 4.98 Å². The molecule has 2 aromatic rings. The second-order valence-corrected chi connectivity index (χ2v) is 3.73. The third-order valence-corrected chi connectivity index (χ3v) is 2.64. The highest BCUT2D eigenvalue weighted by Crippen LogP contribution is 2.20. The highest BCUT2D eigenvalue weighted by Gasteiger charge is 2.07. The monoisotopic (exact) mass is 197 g/mol. The first-order valence-corrected chi connectivity index (χ1v) is 4.60. The van der Waals surface area contributed by atoms with Crippen molar-refractivity contribution in [2.75, 3.05) is 7.11 Å². The summed E-state index contributed by atoms with van der Waals surface area (Å²) in [6, 6.07) is 1.83. The van der Waals surface area contributed by atoms with Gasteiger partial charge in [0.25, 0.3) is 0 Å². The van der Waals surface area contributed by atoms with Crippen molar-refractivity contribution >= 4 is 21.6 Å². The van der Waals surface area contributed by atoms with E-state index in [-0.39, 0.29) is 0 Å². The molecule has 0 aliphatic carbocycles. The Bertz CT molecular complexity index is 427. The Morgan fingerprint density at radius 1 is 1.69 bits per heavy atom. The smallest absolute Gasteiger partial charge is 0.249 e. The minimum Gasteiger partial charge on any atom is -0.378 e. The number of ether oxygens (including phenoxy) is 1. The maximum absolute atomic E-state index is 9.12. The summed E-state index contributed by atoms with van der Waals surface area (Å²) in [5, 5.41) is 10.0. The molecule has 0 fully saturated rings. The van der Waals surface area contributed by atoms with Gasteiger partial charge < -0.3 is 4.74 Å². The second kappa shape index (κ2) is 3.27. The lowest BCUT2D eigenvalue weighted by Gasteiger charge is -1.87. The van der Waals surface area contributed by atoms with Crippen LogP contribution < -0.4 is 4.73 Å². The van der Waals surface area contributed by atoms with Crippen LogP contribution in [-0.4, -0.2) is 17.3 Å². The van der Waals surface area contributed by atoms with Crippen LogP contribution in [0.1, 0.15) is 5.01 Å². The van der Waals surface area contributed by atoms with E-state index in [1.165, 1.54) is 0 Å². The molecule has 0 aliphatic heterocycles. The van der Waals surface area contributed by atoms with E-state index >= 15 is 0 Å². The van der Waals surface area contributed by atoms with Gasteiger partial charge in [0.2, 0.25) is 12.4 Å². The number of hydrogen-bond acceptors (Lipinski definition) is 4. The molecule has 0 amide bonds. The van der Waals surface area contributed by atoms with Crippen LogP contribution in [0.2, 0.25) is 0 Å². The standard InChI is InChI=1S/C8H9N2O2S/c1-12-5-8-9-6-4-10(11)3-2-7(6)13-8/h2-4,11H,5H2,1H3/q+1. The van der Waals surface area contributed by atoms with Gasteiger partial charge in [-0.3, -0.25) is 5.21 Å². The lowest BCUT2D eigenvalue weighted by atomic mass is 10.4. The number of rotatable bonds is 2. The minimum absolute atomic E-state index is 0.519. The molecule has 5 heteroatoms. The van der Waals surface area contributed by atoms with Crippen molar-refractivity contribution in [3.05, 3.63) is 23.5 Å². The van der Waals surface area contributed by atoms with Crippen molar-refractivity contribution in [3.8, 4) is 0 Å². The first-order chi connectivity index (χ1) is 6.29. The molecule has 68 valence electrons. The summed E-state index contributed by atoms with van der Waals surface area (Å²) >= 11 is 1.57. The Hall–Kier alpha value is -1.20. The number of aromatic nitrogens is 2. The molecule has 2 rings (SSSR count). The molecule has 13 heavy (non-hydrogen) atoms. The number of nitrogens with zero attached hydrogens (tertiary/aromatic N) is 2. The number of fused-ring (bicyclic) bond motifs is 1. The van der Waals surface area contributed by atoms with Crippen molar-refractivity contribution in [2.45, 2.75) is 6.61 Å². The van der Waals surface area contributed by atoms with Crippen LogP contribution >= 0.6 is 11.3 Å². The average Bonchev–Trinajstić information content (AvgIpc) is 2.46. The summed E-state index contributed by atoms with van der Waals surface area (Å²) in [5.74, 6) is 0. The summed E-state index contributed by atoms with van der Waals surface area (Å²) in [6.45, 7) is 0.519. The normalized spacial score (nSPS) is 10.8. The maximum Gasteiger partial charge on any atom is 0.249 e. The summed E-state index contributed by atoms with van der Waals surface area (Å²) in [4.78, 5) is 4.28. The van der Waals surface area contributed by atoms with Crippen LogP contribution in [0.4, 0.5) is 0 Å². The second-order valence-electron chi connectivity index (χ2n) is 2.61. The average molecular weight is 197 g/mol. The molecular weight excluding hydrogens is 188 g/mol. The van der Waals surface area contributed by atoms with Gasteiger partial charge in [0.15, 0.2) is 5.52 Å². The van der Waals surface area contributed by atoms with Crippen LogP contribution in [0.25, 0.3) is 10.2 Å². The Morgan fingerprint density at radius 3 is 3.31 bits per heavy atom. The predicted molar refractivity (Wildman–Crippen MR) is 47.7 cm³/mol. The van der Waals surface area contributed by atoms with E-state index in [0.29, 0.717) is 6.61 Å². The fourth-order valence-electron chi connectivity index (χ4n) is 1.10. The van der Waals surface area contributed by atoms with Gasteiger partial charge in [-0.2, -0.15) is 0 Å². The van der Waals surface area contributed by atoms with E-state index in [4.69, 9.17) is 9.94 Å². The van der Waals surface area contributed by atoms with Crippen molar-refractivity contribution in [2.24, 2.45) is 0 Å². The zero-order chi connectivity index (χ0) is 9.26. The third-order valence-electron chi connectivity index (χ3n) is 1.63. The molecule has 0 atom stereocenters.